The largest absolute Gasteiger partial charge is 0.340 e. The molecule has 0 aliphatic carbocycles. The average Bonchev–Trinajstić information content (AvgIpc) is 3.29. The third kappa shape index (κ3) is 2.75. The summed E-state index contributed by atoms with van der Waals surface area (Å²) < 4.78 is 1.69. The van der Waals surface area contributed by atoms with Crippen LogP contribution in [-0.2, 0) is 0 Å². The first-order valence-electron chi connectivity index (χ1n) is 8.95. The summed E-state index contributed by atoms with van der Waals surface area (Å²) in [5.74, 6) is 0.735. The first-order valence-corrected chi connectivity index (χ1v) is 9.33. The summed E-state index contributed by atoms with van der Waals surface area (Å²) in [6.45, 7) is 0. The van der Waals surface area contributed by atoms with Crippen LogP contribution in [0.2, 0.25) is 5.02 Å². The van der Waals surface area contributed by atoms with Crippen molar-refractivity contribution in [3.05, 3.63) is 100 Å². The van der Waals surface area contributed by atoms with Gasteiger partial charge in [-0.15, -0.1) is 0 Å². The molecule has 5 rings (SSSR count). The summed E-state index contributed by atoms with van der Waals surface area (Å²) in [7, 11) is 0. The summed E-state index contributed by atoms with van der Waals surface area (Å²) in [6, 6.07) is 27.4. The van der Waals surface area contributed by atoms with E-state index in [-0.39, 0.29) is 5.69 Å². The van der Waals surface area contributed by atoms with E-state index in [1.807, 2.05) is 78.9 Å². The Morgan fingerprint density at radius 2 is 1.46 bits per heavy atom. The molecule has 0 spiro atoms. The minimum atomic E-state index is -0.178. The van der Waals surface area contributed by atoms with Gasteiger partial charge >= 0.3 is 5.69 Å². The van der Waals surface area contributed by atoms with E-state index in [1.54, 1.807) is 4.57 Å². The van der Waals surface area contributed by atoms with Crippen LogP contribution in [0, 0.1) is 0 Å². The van der Waals surface area contributed by atoms with Crippen LogP contribution in [0.4, 0.5) is 0 Å². The van der Waals surface area contributed by atoms with Gasteiger partial charge in [-0.05, 0) is 41.5 Å². The molecule has 2 heterocycles. The van der Waals surface area contributed by atoms with Gasteiger partial charge < -0.3 is 9.97 Å². The van der Waals surface area contributed by atoms with E-state index < -0.39 is 0 Å². The number of hydrogen-bond acceptors (Lipinski definition) is 1. The molecule has 28 heavy (non-hydrogen) atoms. The van der Waals surface area contributed by atoms with E-state index >= 15 is 0 Å². The second kappa shape index (κ2) is 6.59. The molecule has 0 unspecified atom stereocenters. The maximum Gasteiger partial charge on any atom is 0.332 e. The Morgan fingerprint density at radius 3 is 2.25 bits per heavy atom. The van der Waals surface area contributed by atoms with Crippen LogP contribution in [0.1, 0.15) is 0 Å². The van der Waals surface area contributed by atoms with E-state index in [0.717, 1.165) is 39.2 Å². The minimum absolute atomic E-state index is 0.178. The highest BCUT2D eigenvalue weighted by atomic mass is 35.5. The Labute approximate surface area is 166 Å². The highest BCUT2D eigenvalue weighted by Gasteiger charge is 2.17. The fraction of sp³-hybridized carbons (Fsp3) is 0. The summed E-state index contributed by atoms with van der Waals surface area (Å²) in [5.41, 5.74) is 5.36. The van der Waals surface area contributed by atoms with Crippen LogP contribution in [0.25, 0.3) is 39.2 Å². The Morgan fingerprint density at radius 1 is 0.750 bits per heavy atom. The number of aromatic nitrogens is 3. The molecule has 136 valence electrons. The number of H-pyrrole nitrogens is 2. The monoisotopic (exact) mass is 385 g/mol. The van der Waals surface area contributed by atoms with Crippen molar-refractivity contribution in [3.63, 3.8) is 0 Å². The highest BCUT2D eigenvalue weighted by molar-refractivity contribution is 6.30. The van der Waals surface area contributed by atoms with Crippen LogP contribution < -0.4 is 5.69 Å². The Kier molecular flexibility index (Phi) is 3.92. The predicted molar refractivity (Wildman–Crippen MR) is 114 cm³/mol. The van der Waals surface area contributed by atoms with Crippen molar-refractivity contribution in [2.45, 2.75) is 0 Å². The van der Waals surface area contributed by atoms with Crippen LogP contribution in [0.3, 0.4) is 0 Å². The van der Waals surface area contributed by atoms with Crippen molar-refractivity contribution in [2.24, 2.45) is 0 Å². The SMILES string of the molecule is O=c1[nH]c2ccccc2n1-c1[nH]c(-c2ccc(Cl)cc2)cc1-c1ccccc1. The molecule has 0 amide bonds. The quantitative estimate of drug-likeness (QED) is 0.415. The van der Waals surface area contributed by atoms with Gasteiger partial charge in [-0.25, -0.2) is 9.36 Å². The van der Waals surface area contributed by atoms with Gasteiger partial charge in [-0.2, -0.15) is 0 Å². The molecule has 0 bridgehead atoms. The summed E-state index contributed by atoms with van der Waals surface area (Å²) in [6.07, 6.45) is 0. The van der Waals surface area contributed by atoms with Gasteiger partial charge in [0.15, 0.2) is 0 Å². The number of fused-ring (bicyclic) bond motifs is 1. The van der Waals surface area contributed by atoms with Gasteiger partial charge in [0.25, 0.3) is 0 Å². The molecule has 0 aliphatic rings. The van der Waals surface area contributed by atoms with Crippen molar-refractivity contribution in [1.82, 2.24) is 14.5 Å². The smallest absolute Gasteiger partial charge is 0.332 e. The summed E-state index contributed by atoms with van der Waals surface area (Å²) in [4.78, 5) is 19.2. The highest BCUT2D eigenvalue weighted by Crippen LogP contribution is 2.33. The Hall–Kier alpha value is -3.50. The zero-order valence-corrected chi connectivity index (χ0v) is 15.6. The lowest BCUT2D eigenvalue weighted by molar-refractivity contribution is 0.982. The van der Waals surface area contributed by atoms with Crippen molar-refractivity contribution >= 4 is 22.6 Å². The van der Waals surface area contributed by atoms with Gasteiger partial charge in [-0.3, -0.25) is 0 Å². The third-order valence-corrected chi connectivity index (χ3v) is 5.10. The number of nitrogens with zero attached hydrogens (tertiary/aromatic N) is 1. The number of aromatic amines is 2. The zero-order chi connectivity index (χ0) is 19.1. The van der Waals surface area contributed by atoms with E-state index in [0.29, 0.717) is 5.02 Å². The van der Waals surface area contributed by atoms with Crippen molar-refractivity contribution in [3.8, 4) is 28.2 Å². The molecule has 2 N–H and O–H groups in total. The van der Waals surface area contributed by atoms with Crippen LogP contribution in [0.5, 0.6) is 0 Å². The van der Waals surface area contributed by atoms with Crippen LogP contribution in [0.15, 0.2) is 89.7 Å². The molecule has 0 fully saturated rings. The molecule has 0 saturated heterocycles. The molecule has 5 heteroatoms. The maximum absolute atomic E-state index is 12.8. The molecular weight excluding hydrogens is 370 g/mol. The van der Waals surface area contributed by atoms with Crippen molar-refractivity contribution in [1.29, 1.82) is 0 Å². The maximum atomic E-state index is 12.8. The van der Waals surface area contributed by atoms with Crippen LogP contribution in [-0.4, -0.2) is 14.5 Å². The molecular formula is C23H16ClN3O. The van der Waals surface area contributed by atoms with Gasteiger partial charge in [0.2, 0.25) is 0 Å². The lowest BCUT2D eigenvalue weighted by Gasteiger charge is -2.06. The standard InChI is InChI=1S/C23H16ClN3O/c24-17-12-10-16(11-13-17)20-14-18(15-6-2-1-3-7-15)22(25-20)27-21-9-5-4-8-19(21)26-23(27)28/h1-14,25H,(H,26,28). The number of para-hydroxylation sites is 2. The van der Waals surface area contributed by atoms with Gasteiger partial charge in [0.05, 0.1) is 11.0 Å². The van der Waals surface area contributed by atoms with Gasteiger partial charge in [-0.1, -0.05) is 66.2 Å². The fourth-order valence-corrected chi connectivity index (χ4v) is 3.65. The predicted octanol–water partition coefficient (Wildman–Crippen LogP) is 5.63. The Balaban J connectivity index is 1.80. The number of halogens is 1. The topological polar surface area (TPSA) is 53.6 Å². The normalized spacial score (nSPS) is 11.2. The molecule has 0 atom stereocenters. The molecule has 0 aliphatic heterocycles. The van der Waals surface area contributed by atoms with E-state index in [4.69, 9.17) is 11.6 Å². The number of hydrogen-bond donors (Lipinski definition) is 2. The summed E-state index contributed by atoms with van der Waals surface area (Å²) >= 11 is 6.04. The molecule has 0 saturated carbocycles. The Bertz CT molecular complexity index is 1330. The minimum Gasteiger partial charge on any atom is -0.340 e. The van der Waals surface area contributed by atoms with E-state index in [2.05, 4.69) is 16.0 Å². The molecule has 3 aromatic carbocycles. The summed E-state index contributed by atoms with van der Waals surface area (Å²) in [5, 5.41) is 0.687. The second-order valence-corrected chi connectivity index (χ2v) is 7.04. The number of benzene rings is 3. The van der Waals surface area contributed by atoms with Gasteiger partial charge in [0, 0.05) is 16.3 Å². The number of rotatable bonds is 3. The van der Waals surface area contributed by atoms with E-state index in [1.165, 1.54) is 0 Å². The molecule has 5 aromatic rings. The molecule has 0 radical (unpaired) electrons. The number of imidazole rings is 1. The third-order valence-electron chi connectivity index (χ3n) is 4.85. The lowest BCUT2D eigenvalue weighted by Crippen LogP contribution is -2.15. The number of nitrogens with one attached hydrogen (secondary N) is 2. The second-order valence-electron chi connectivity index (χ2n) is 6.60. The van der Waals surface area contributed by atoms with E-state index in [9.17, 15) is 4.79 Å². The first-order chi connectivity index (χ1) is 13.7. The zero-order valence-electron chi connectivity index (χ0n) is 14.8. The van der Waals surface area contributed by atoms with Crippen molar-refractivity contribution in [2.75, 3.05) is 0 Å². The molecule has 2 aromatic heterocycles. The van der Waals surface area contributed by atoms with Gasteiger partial charge in [0.1, 0.15) is 5.82 Å². The fourth-order valence-electron chi connectivity index (χ4n) is 3.52. The first kappa shape index (κ1) is 16.7. The van der Waals surface area contributed by atoms with Crippen LogP contribution >= 0.6 is 11.6 Å². The van der Waals surface area contributed by atoms with Crippen molar-refractivity contribution < 1.29 is 0 Å². The lowest BCUT2D eigenvalue weighted by atomic mass is 10.1. The molecule has 4 nitrogen and oxygen atoms in total. The average molecular weight is 386 g/mol.